The normalized spacial score (nSPS) is 10.4. The highest BCUT2D eigenvalue weighted by Gasteiger charge is 2.12. The van der Waals surface area contributed by atoms with Crippen LogP contribution < -0.4 is 0 Å². The minimum Gasteiger partial charge on any atom is -0.478 e. The zero-order valence-corrected chi connectivity index (χ0v) is 11.2. The summed E-state index contributed by atoms with van der Waals surface area (Å²) < 4.78 is 1.92. The van der Waals surface area contributed by atoms with E-state index in [9.17, 15) is 9.90 Å². The molecule has 0 aliphatic rings. The van der Waals surface area contributed by atoms with E-state index in [1.165, 1.54) is 0 Å². The molecule has 0 amide bonds. The standard InChI is InChI=1S/C17H12N2O2/c18-10-12-4-6-13(7-5-12)11-19-9-8-14-2-1-3-15(16(14)19)17(20)21/h1-9H,11H2,(H,20,21). The van der Waals surface area contributed by atoms with Crippen molar-refractivity contribution < 1.29 is 9.90 Å². The molecule has 0 unspecified atom stereocenters. The van der Waals surface area contributed by atoms with E-state index >= 15 is 0 Å². The van der Waals surface area contributed by atoms with Crippen molar-refractivity contribution in [3.05, 3.63) is 71.4 Å². The van der Waals surface area contributed by atoms with E-state index in [1.807, 2.05) is 35.0 Å². The van der Waals surface area contributed by atoms with Gasteiger partial charge in [0.25, 0.3) is 0 Å². The van der Waals surface area contributed by atoms with E-state index in [2.05, 4.69) is 6.07 Å². The van der Waals surface area contributed by atoms with E-state index in [0.717, 1.165) is 10.9 Å². The predicted octanol–water partition coefficient (Wildman–Crippen LogP) is 3.26. The summed E-state index contributed by atoms with van der Waals surface area (Å²) in [5.74, 6) is -0.930. The van der Waals surface area contributed by atoms with Crippen molar-refractivity contribution in [3.63, 3.8) is 0 Å². The van der Waals surface area contributed by atoms with E-state index in [4.69, 9.17) is 5.26 Å². The first-order chi connectivity index (χ1) is 10.2. The van der Waals surface area contributed by atoms with Crippen LogP contribution in [0.15, 0.2) is 54.7 Å². The third kappa shape index (κ3) is 2.37. The Balaban J connectivity index is 2.04. The fourth-order valence-electron chi connectivity index (χ4n) is 2.45. The highest BCUT2D eigenvalue weighted by Crippen LogP contribution is 2.21. The second kappa shape index (κ2) is 5.14. The number of rotatable bonds is 3. The van der Waals surface area contributed by atoms with Crippen LogP contribution in [0.5, 0.6) is 0 Å². The number of nitrogens with zero attached hydrogens (tertiary/aromatic N) is 2. The molecular weight excluding hydrogens is 264 g/mol. The van der Waals surface area contributed by atoms with Crippen molar-refractivity contribution in [3.8, 4) is 6.07 Å². The Bertz CT molecular complexity index is 855. The van der Waals surface area contributed by atoms with Gasteiger partial charge in [-0.1, -0.05) is 24.3 Å². The molecule has 3 aromatic rings. The van der Waals surface area contributed by atoms with Crippen LogP contribution in [-0.2, 0) is 6.54 Å². The van der Waals surface area contributed by atoms with Gasteiger partial charge in [-0.05, 0) is 29.8 Å². The molecule has 1 aromatic heterocycles. The molecule has 0 aliphatic carbocycles. The molecule has 1 N–H and O–H groups in total. The summed E-state index contributed by atoms with van der Waals surface area (Å²) in [7, 11) is 0. The summed E-state index contributed by atoms with van der Waals surface area (Å²) in [4.78, 5) is 11.4. The maximum Gasteiger partial charge on any atom is 0.337 e. The Hall–Kier alpha value is -3.06. The Morgan fingerprint density at radius 1 is 1.14 bits per heavy atom. The molecule has 0 aliphatic heterocycles. The van der Waals surface area contributed by atoms with Gasteiger partial charge in [0, 0.05) is 18.1 Å². The number of aromatic carboxylic acids is 1. The zero-order valence-electron chi connectivity index (χ0n) is 11.2. The molecule has 1 heterocycles. The maximum atomic E-state index is 11.4. The molecule has 21 heavy (non-hydrogen) atoms. The van der Waals surface area contributed by atoms with E-state index in [-0.39, 0.29) is 0 Å². The molecule has 0 spiro atoms. The Morgan fingerprint density at radius 2 is 1.90 bits per heavy atom. The van der Waals surface area contributed by atoms with Gasteiger partial charge in [-0.15, -0.1) is 0 Å². The number of carboxylic acid groups (broad SMARTS) is 1. The van der Waals surface area contributed by atoms with Crippen molar-refractivity contribution >= 4 is 16.9 Å². The van der Waals surface area contributed by atoms with Gasteiger partial charge in [0.15, 0.2) is 0 Å². The van der Waals surface area contributed by atoms with Gasteiger partial charge in [-0.3, -0.25) is 0 Å². The number of hydrogen-bond donors (Lipinski definition) is 1. The minimum atomic E-state index is -0.930. The van der Waals surface area contributed by atoms with Crippen LogP contribution in [0.4, 0.5) is 0 Å². The molecule has 2 aromatic carbocycles. The van der Waals surface area contributed by atoms with Crippen molar-refractivity contribution in [1.82, 2.24) is 4.57 Å². The largest absolute Gasteiger partial charge is 0.478 e. The number of fused-ring (bicyclic) bond motifs is 1. The number of para-hydroxylation sites is 1. The van der Waals surface area contributed by atoms with Gasteiger partial charge in [0.05, 0.1) is 22.7 Å². The summed E-state index contributed by atoms with van der Waals surface area (Å²) in [5, 5.41) is 19.0. The SMILES string of the molecule is N#Cc1ccc(Cn2ccc3cccc(C(=O)O)c32)cc1. The first-order valence-electron chi connectivity index (χ1n) is 6.49. The summed E-state index contributed by atoms with van der Waals surface area (Å²) in [6.07, 6.45) is 1.88. The molecule has 3 rings (SSSR count). The number of carboxylic acids is 1. The number of nitriles is 1. The van der Waals surface area contributed by atoms with Crippen molar-refractivity contribution in [1.29, 1.82) is 5.26 Å². The van der Waals surface area contributed by atoms with Gasteiger partial charge in [0.1, 0.15) is 0 Å². The molecule has 0 saturated heterocycles. The second-order valence-electron chi connectivity index (χ2n) is 4.80. The Labute approximate surface area is 121 Å². The zero-order chi connectivity index (χ0) is 14.8. The van der Waals surface area contributed by atoms with E-state index in [0.29, 0.717) is 23.2 Å². The molecule has 0 bridgehead atoms. The summed E-state index contributed by atoms with van der Waals surface area (Å²) in [6.45, 7) is 0.569. The minimum absolute atomic E-state index is 0.297. The van der Waals surface area contributed by atoms with Crippen LogP contribution in [0.25, 0.3) is 10.9 Å². The summed E-state index contributed by atoms with van der Waals surface area (Å²) in [5.41, 5.74) is 2.65. The quantitative estimate of drug-likeness (QED) is 0.798. The van der Waals surface area contributed by atoms with Gasteiger partial charge in [-0.25, -0.2) is 4.79 Å². The molecule has 0 fully saturated rings. The fourth-order valence-corrected chi connectivity index (χ4v) is 2.45. The lowest BCUT2D eigenvalue weighted by molar-refractivity contribution is 0.0698. The van der Waals surface area contributed by atoms with Crippen LogP contribution >= 0.6 is 0 Å². The summed E-state index contributed by atoms with van der Waals surface area (Å²) in [6, 6.07) is 16.5. The fraction of sp³-hybridized carbons (Fsp3) is 0.0588. The van der Waals surface area contributed by atoms with Crippen molar-refractivity contribution in [2.75, 3.05) is 0 Å². The molecule has 0 radical (unpaired) electrons. The number of hydrogen-bond acceptors (Lipinski definition) is 2. The lowest BCUT2D eigenvalue weighted by Gasteiger charge is -2.08. The lowest BCUT2D eigenvalue weighted by Crippen LogP contribution is -2.04. The van der Waals surface area contributed by atoms with Crippen LogP contribution in [0.2, 0.25) is 0 Å². The average molecular weight is 276 g/mol. The maximum absolute atomic E-state index is 11.4. The smallest absolute Gasteiger partial charge is 0.337 e. The predicted molar refractivity (Wildman–Crippen MR) is 79.2 cm³/mol. The second-order valence-corrected chi connectivity index (χ2v) is 4.80. The highest BCUT2D eigenvalue weighted by molar-refractivity contribution is 6.02. The average Bonchev–Trinajstić information content (AvgIpc) is 2.91. The number of aromatic nitrogens is 1. The first kappa shape index (κ1) is 12.9. The molecule has 4 heteroatoms. The van der Waals surface area contributed by atoms with E-state index in [1.54, 1.807) is 24.3 Å². The van der Waals surface area contributed by atoms with Crippen LogP contribution in [0.1, 0.15) is 21.5 Å². The van der Waals surface area contributed by atoms with Gasteiger partial charge >= 0.3 is 5.97 Å². The Morgan fingerprint density at radius 3 is 2.57 bits per heavy atom. The van der Waals surface area contributed by atoms with Crippen LogP contribution in [-0.4, -0.2) is 15.6 Å². The van der Waals surface area contributed by atoms with Crippen molar-refractivity contribution in [2.24, 2.45) is 0 Å². The topological polar surface area (TPSA) is 66.0 Å². The van der Waals surface area contributed by atoms with Gasteiger partial charge < -0.3 is 9.67 Å². The number of carbonyl (C=O) groups is 1. The molecule has 0 saturated carbocycles. The highest BCUT2D eigenvalue weighted by atomic mass is 16.4. The number of benzene rings is 2. The van der Waals surface area contributed by atoms with Gasteiger partial charge in [-0.2, -0.15) is 5.26 Å². The first-order valence-corrected chi connectivity index (χ1v) is 6.49. The monoisotopic (exact) mass is 276 g/mol. The van der Waals surface area contributed by atoms with Crippen LogP contribution in [0, 0.1) is 11.3 Å². The molecule has 102 valence electrons. The Kier molecular flexibility index (Phi) is 3.17. The molecular formula is C17H12N2O2. The lowest BCUT2D eigenvalue weighted by atomic mass is 10.1. The van der Waals surface area contributed by atoms with E-state index < -0.39 is 5.97 Å². The van der Waals surface area contributed by atoms with Crippen molar-refractivity contribution in [2.45, 2.75) is 6.54 Å². The van der Waals surface area contributed by atoms with Gasteiger partial charge in [0.2, 0.25) is 0 Å². The molecule has 4 nitrogen and oxygen atoms in total. The summed E-state index contributed by atoms with van der Waals surface area (Å²) >= 11 is 0. The van der Waals surface area contributed by atoms with Crippen LogP contribution in [0.3, 0.4) is 0 Å². The third-order valence-electron chi connectivity index (χ3n) is 3.45. The molecule has 0 atom stereocenters. The third-order valence-corrected chi connectivity index (χ3v) is 3.45.